The summed E-state index contributed by atoms with van der Waals surface area (Å²) in [6.45, 7) is -2.73. The number of fused-ring (bicyclic) bond motifs is 1. The number of nitrogens with two attached hydrogens (primary N) is 1. The van der Waals surface area contributed by atoms with Crippen LogP contribution >= 0.6 is 0 Å². The van der Waals surface area contributed by atoms with Crippen molar-refractivity contribution in [1.29, 1.82) is 5.41 Å². The highest BCUT2D eigenvalue weighted by molar-refractivity contribution is 8.01. The molecule has 0 radical (unpaired) electrons. The number of nitrogens with zero attached hydrogens (tertiary/aromatic N) is 2. The summed E-state index contributed by atoms with van der Waals surface area (Å²) in [5.74, 6) is 0.936. The molecule has 1 aromatic rings. The van der Waals surface area contributed by atoms with Crippen molar-refractivity contribution in [3.05, 3.63) is 34.8 Å². The molecule has 2 amide bonds. The average Bonchev–Trinajstić information content (AvgIpc) is 3.58. The Bertz CT molecular complexity index is 908. The van der Waals surface area contributed by atoms with E-state index in [1.807, 2.05) is 0 Å². The zero-order chi connectivity index (χ0) is 20.5. The number of halogens is 2. The molecule has 0 saturated heterocycles. The molecule has 3 aliphatic rings. The van der Waals surface area contributed by atoms with Gasteiger partial charge in [0.1, 0.15) is 5.04 Å². The molecule has 29 heavy (non-hydrogen) atoms. The lowest BCUT2D eigenvalue weighted by Crippen LogP contribution is -2.20. The quantitative estimate of drug-likeness (QED) is 0.317. The minimum absolute atomic E-state index is 0.214. The summed E-state index contributed by atoms with van der Waals surface area (Å²) >= 11 is 0. The first-order valence-electron chi connectivity index (χ1n) is 9.80. The highest BCUT2D eigenvalue weighted by Crippen LogP contribution is 2.52. The third kappa shape index (κ3) is 4.69. The van der Waals surface area contributed by atoms with Crippen molar-refractivity contribution in [2.45, 2.75) is 63.3 Å². The van der Waals surface area contributed by atoms with Crippen LogP contribution in [0.1, 0.15) is 66.5 Å². The number of urea groups is 1. The predicted octanol–water partition coefficient (Wildman–Crippen LogP) is 3.84. The summed E-state index contributed by atoms with van der Waals surface area (Å²) in [4.78, 5) is 17.5. The maximum atomic E-state index is 12.6. The van der Waals surface area contributed by atoms with Gasteiger partial charge in [-0.15, -0.1) is 4.36 Å². The van der Waals surface area contributed by atoms with Crippen LogP contribution in [0.4, 0.5) is 19.3 Å². The van der Waals surface area contributed by atoms with E-state index in [0.29, 0.717) is 11.8 Å². The fourth-order valence-electron chi connectivity index (χ4n) is 3.75. The minimum atomic E-state index is -2.73. The molecule has 0 aromatic carbocycles. The molecule has 4 rings (SSSR count). The summed E-state index contributed by atoms with van der Waals surface area (Å²) in [5, 5.41) is 18.1. The molecule has 5 N–H and O–H groups in total. The third-order valence-corrected chi connectivity index (χ3v) is 6.29. The van der Waals surface area contributed by atoms with E-state index < -0.39 is 23.5 Å². The molecule has 1 unspecified atom stereocenters. The Hall–Kier alpha value is -2.20. The molecule has 156 valence electrons. The summed E-state index contributed by atoms with van der Waals surface area (Å²) in [6, 6.07) is -0.611. The first-order valence-corrected chi connectivity index (χ1v) is 11.0. The number of aryl methyl sites for hydroxylation is 1. The maximum Gasteiger partial charge on any atom is 0.352 e. The number of anilines is 1. The van der Waals surface area contributed by atoms with E-state index >= 15 is 0 Å². The standard InChI is InChI=1S/C19H24F2N6OS/c20-18(21)24-9-8-14(22)29(23)27-19(28)26-17-12-2-1-3-13(12)25-16(11-6-7-11)15(17)10-4-5-10/h8-11,18,22,24H,1-7H2,(H3,23,25,26,27,28)/b9-8-,22-14?. The molecule has 0 spiro atoms. The first-order chi connectivity index (χ1) is 13.9. The van der Waals surface area contributed by atoms with Crippen molar-refractivity contribution >= 4 is 27.6 Å². The van der Waals surface area contributed by atoms with Gasteiger partial charge in [0.25, 0.3) is 0 Å². The van der Waals surface area contributed by atoms with Gasteiger partial charge < -0.3 is 10.6 Å². The second-order valence-corrected chi connectivity index (χ2v) is 8.87. The third-order valence-electron chi connectivity index (χ3n) is 5.34. The average molecular weight is 423 g/mol. The number of aromatic nitrogens is 1. The summed E-state index contributed by atoms with van der Waals surface area (Å²) in [6.07, 6.45) is 9.34. The van der Waals surface area contributed by atoms with Gasteiger partial charge in [0, 0.05) is 39.9 Å². The van der Waals surface area contributed by atoms with Gasteiger partial charge in [0.15, 0.2) is 0 Å². The number of amides is 2. The number of rotatable bonds is 6. The van der Waals surface area contributed by atoms with Crippen molar-refractivity contribution in [1.82, 2.24) is 10.3 Å². The van der Waals surface area contributed by atoms with Crippen molar-refractivity contribution in [3.8, 4) is 0 Å². The molecule has 1 atom stereocenters. The van der Waals surface area contributed by atoms with E-state index in [-0.39, 0.29) is 5.04 Å². The summed E-state index contributed by atoms with van der Waals surface area (Å²) < 4.78 is 28.0. The number of pyridine rings is 1. The summed E-state index contributed by atoms with van der Waals surface area (Å²) in [7, 11) is -1.53. The highest BCUT2D eigenvalue weighted by Gasteiger charge is 2.38. The van der Waals surface area contributed by atoms with E-state index in [0.717, 1.165) is 79.9 Å². The zero-order valence-electron chi connectivity index (χ0n) is 15.9. The van der Waals surface area contributed by atoms with Crippen LogP contribution in [0.25, 0.3) is 0 Å². The van der Waals surface area contributed by atoms with E-state index in [1.54, 1.807) is 5.32 Å². The summed E-state index contributed by atoms with van der Waals surface area (Å²) in [5.41, 5.74) is 5.35. The van der Waals surface area contributed by atoms with Gasteiger partial charge in [-0.1, -0.05) is 0 Å². The number of carbonyl (C=O) groups excluding carboxylic acids is 1. The topological polar surface area (TPSA) is 116 Å². The van der Waals surface area contributed by atoms with Gasteiger partial charge in [-0.2, -0.15) is 8.78 Å². The van der Waals surface area contributed by atoms with Gasteiger partial charge in [-0.05, 0) is 62.5 Å². The Morgan fingerprint density at radius 1 is 1.28 bits per heavy atom. The van der Waals surface area contributed by atoms with Crippen molar-refractivity contribution < 1.29 is 13.6 Å². The molecular formula is C19H24F2N6OS. The Morgan fingerprint density at radius 2 is 2.00 bits per heavy atom. The van der Waals surface area contributed by atoms with Crippen LogP contribution in [-0.2, 0) is 23.7 Å². The molecule has 1 aromatic heterocycles. The number of carbonyl (C=O) groups is 1. The van der Waals surface area contributed by atoms with Gasteiger partial charge >= 0.3 is 12.6 Å². The molecule has 0 aliphatic heterocycles. The van der Waals surface area contributed by atoms with E-state index in [9.17, 15) is 13.6 Å². The number of hydrogen-bond acceptors (Lipinski definition) is 4. The first kappa shape index (κ1) is 20.1. The van der Waals surface area contributed by atoms with Crippen LogP contribution in [0.15, 0.2) is 16.6 Å². The Balaban J connectivity index is 1.57. The molecule has 10 heteroatoms. The Labute approximate surface area is 170 Å². The fourth-order valence-corrected chi connectivity index (χ4v) is 4.28. The van der Waals surface area contributed by atoms with Gasteiger partial charge in [-0.3, -0.25) is 15.5 Å². The molecule has 2 fully saturated rings. The van der Waals surface area contributed by atoms with Gasteiger partial charge in [0.2, 0.25) is 0 Å². The van der Waals surface area contributed by atoms with Crippen LogP contribution in [0.2, 0.25) is 0 Å². The molecule has 7 nitrogen and oxygen atoms in total. The molecular weight excluding hydrogens is 398 g/mol. The van der Waals surface area contributed by atoms with Crippen LogP contribution < -0.4 is 15.8 Å². The zero-order valence-corrected chi connectivity index (χ0v) is 16.7. The lowest BCUT2D eigenvalue weighted by Gasteiger charge is -2.18. The molecule has 1 heterocycles. The second-order valence-electron chi connectivity index (χ2n) is 7.61. The molecule has 3 aliphatic carbocycles. The normalized spacial score (nSPS) is 19.6. The Kier molecular flexibility index (Phi) is 5.73. The maximum absolute atomic E-state index is 12.6. The van der Waals surface area contributed by atoms with Crippen LogP contribution in [0.5, 0.6) is 0 Å². The predicted molar refractivity (Wildman–Crippen MR) is 109 cm³/mol. The fraction of sp³-hybridized carbons (Fsp3) is 0.526. The highest BCUT2D eigenvalue weighted by atomic mass is 32.2. The van der Waals surface area contributed by atoms with Crippen LogP contribution in [0.3, 0.4) is 0 Å². The number of nitrogens with one attached hydrogen (secondary N) is 3. The van der Waals surface area contributed by atoms with Gasteiger partial charge in [0.05, 0.1) is 5.69 Å². The lowest BCUT2D eigenvalue weighted by molar-refractivity contribution is 0.125. The van der Waals surface area contributed by atoms with Crippen molar-refractivity contribution in [2.75, 3.05) is 5.32 Å². The lowest BCUT2D eigenvalue weighted by atomic mass is 9.98. The monoisotopic (exact) mass is 422 g/mol. The number of alkyl halides is 2. The van der Waals surface area contributed by atoms with E-state index in [1.165, 1.54) is 5.56 Å². The molecule has 0 bridgehead atoms. The van der Waals surface area contributed by atoms with Crippen LogP contribution in [-0.4, -0.2) is 22.6 Å². The van der Waals surface area contributed by atoms with Crippen molar-refractivity contribution in [3.63, 3.8) is 0 Å². The van der Waals surface area contributed by atoms with Gasteiger partial charge in [-0.25, -0.2) is 4.79 Å². The SMILES string of the molecule is N=C(/C=C\NC(F)F)/S(N)=N/C(=O)Nc1c2c(nc(C3CC3)c1C1CC1)CCC2. The van der Waals surface area contributed by atoms with E-state index in [2.05, 4.69) is 9.68 Å². The second kappa shape index (κ2) is 8.27. The van der Waals surface area contributed by atoms with Crippen LogP contribution in [0, 0.1) is 5.41 Å². The largest absolute Gasteiger partial charge is 0.352 e. The number of hydrogen-bond donors (Lipinski definition) is 4. The Morgan fingerprint density at radius 3 is 2.66 bits per heavy atom. The van der Waals surface area contributed by atoms with E-state index in [4.69, 9.17) is 15.5 Å². The smallest absolute Gasteiger partial charge is 0.336 e. The van der Waals surface area contributed by atoms with Crippen molar-refractivity contribution in [2.24, 2.45) is 9.50 Å². The molecule has 2 saturated carbocycles. The minimum Gasteiger partial charge on any atom is -0.336 e.